The lowest BCUT2D eigenvalue weighted by Crippen LogP contribution is -2.52. The van der Waals surface area contributed by atoms with Crippen LogP contribution in [0.5, 0.6) is 0 Å². The van der Waals surface area contributed by atoms with Crippen molar-refractivity contribution < 1.29 is 9.59 Å². The van der Waals surface area contributed by atoms with Crippen molar-refractivity contribution in [2.45, 2.75) is 65.2 Å². The van der Waals surface area contributed by atoms with Crippen molar-refractivity contribution in [1.29, 1.82) is 0 Å². The number of hydrogen-bond acceptors (Lipinski definition) is 2. The monoisotopic (exact) mass is 324 g/mol. The molecular formula is C22H28O2. The first-order chi connectivity index (χ1) is 11.4. The SMILES string of the molecule is C#CCC1C[C@@H]2[C@@H](CC[C@]3(C)C(=O)CC[C@@H]23)[C@@]2(C)CCC(=O)C=C12. The standard InChI is InChI=1S/C22H28O2/c1-4-5-14-12-16-17-6-7-20(24)22(17,3)11-9-18(16)21(2)10-8-15(23)13-19(14)21/h1,13-14,16-18H,5-12H2,2-3H3/t14?,16-,17-,18+,21+,22-/m0/s1. The molecule has 4 aliphatic rings. The molecule has 4 aliphatic carbocycles. The summed E-state index contributed by atoms with van der Waals surface area (Å²) in [6, 6.07) is 0. The van der Waals surface area contributed by atoms with Crippen LogP contribution in [0.25, 0.3) is 0 Å². The molecule has 0 spiro atoms. The number of hydrogen-bond donors (Lipinski definition) is 0. The summed E-state index contributed by atoms with van der Waals surface area (Å²) in [5, 5.41) is 0. The highest BCUT2D eigenvalue weighted by Gasteiger charge is 2.60. The van der Waals surface area contributed by atoms with E-state index in [2.05, 4.69) is 19.8 Å². The predicted octanol–water partition coefficient (Wildman–Crippen LogP) is 4.34. The first-order valence-corrected chi connectivity index (χ1v) is 9.62. The van der Waals surface area contributed by atoms with Crippen molar-refractivity contribution in [3.63, 3.8) is 0 Å². The predicted molar refractivity (Wildman–Crippen MR) is 94.0 cm³/mol. The van der Waals surface area contributed by atoms with Crippen molar-refractivity contribution in [2.24, 2.45) is 34.5 Å². The second-order valence-corrected chi connectivity index (χ2v) is 9.12. The lowest BCUT2D eigenvalue weighted by atomic mass is 9.45. The third-order valence-corrected chi connectivity index (χ3v) is 8.19. The van der Waals surface area contributed by atoms with E-state index in [1.807, 2.05) is 6.08 Å². The first-order valence-electron chi connectivity index (χ1n) is 9.62. The molecule has 3 fully saturated rings. The lowest BCUT2D eigenvalue weighted by Gasteiger charge is -2.58. The molecule has 0 aromatic heterocycles. The summed E-state index contributed by atoms with van der Waals surface area (Å²) in [6.45, 7) is 4.60. The summed E-state index contributed by atoms with van der Waals surface area (Å²) in [6.07, 6.45) is 15.1. The Kier molecular flexibility index (Phi) is 3.57. The van der Waals surface area contributed by atoms with Crippen LogP contribution in [-0.2, 0) is 9.59 Å². The Hall–Kier alpha value is -1.36. The molecule has 0 N–H and O–H groups in total. The van der Waals surface area contributed by atoms with Crippen molar-refractivity contribution in [2.75, 3.05) is 0 Å². The minimum atomic E-state index is -0.0933. The summed E-state index contributed by atoms with van der Waals surface area (Å²) in [5.41, 5.74) is 1.36. The summed E-state index contributed by atoms with van der Waals surface area (Å²) in [7, 11) is 0. The van der Waals surface area contributed by atoms with E-state index in [0.29, 0.717) is 35.9 Å². The molecule has 128 valence electrons. The van der Waals surface area contributed by atoms with E-state index in [4.69, 9.17) is 6.42 Å². The number of Topliss-reactive ketones (excluding diaryl/α,β-unsaturated/α-hetero) is 1. The summed E-state index contributed by atoms with van der Waals surface area (Å²) >= 11 is 0. The van der Waals surface area contributed by atoms with Gasteiger partial charge in [-0.25, -0.2) is 0 Å². The molecule has 6 atom stereocenters. The van der Waals surface area contributed by atoms with Crippen LogP contribution in [0.2, 0.25) is 0 Å². The van der Waals surface area contributed by atoms with Crippen LogP contribution in [0, 0.1) is 46.8 Å². The fraction of sp³-hybridized carbons (Fsp3) is 0.727. The molecule has 0 radical (unpaired) electrons. The number of terminal acetylenes is 1. The Morgan fingerprint density at radius 1 is 1.12 bits per heavy atom. The number of carbonyl (C=O) groups is 2. The zero-order chi connectivity index (χ0) is 17.1. The Balaban J connectivity index is 1.76. The molecule has 2 heteroatoms. The fourth-order valence-corrected chi connectivity index (χ4v) is 6.89. The van der Waals surface area contributed by atoms with Crippen LogP contribution >= 0.6 is 0 Å². The van der Waals surface area contributed by atoms with Crippen LogP contribution in [0.4, 0.5) is 0 Å². The largest absolute Gasteiger partial charge is 0.299 e. The molecule has 24 heavy (non-hydrogen) atoms. The van der Waals surface area contributed by atoms with E-state index in [-0.39, 0.29) is 16.6 Å². The highest BCUT2D eigenvalue weighted by atomic mass is 16.1. The minimum Gasteiger partial charge on any atom is -0.299 e. The van der Waals surface area contributed by atoms with E-state index in [9.17, 15) is 9.59 Å². The van der Waals surface area contributed by atoms with Gasteiger partial charge in [0.05, 0.1) is 0 Å². The third kappa shape index (κ3) is 2.03. The van der Waals surface area contributed by atoms with Gasteiger partial charge in [0.15, 0.2) is 5.78 Å². The summed E-state index contributed by atoms with van der Waals surface area (Å²) in [4.78, 5) is 24.6. The average molecular weight is 324 g/mol. The van der Waals surface area contributed by atoms with Crippen molar-refractivity contribution in [3.8, 4) is 12.3 Å². The minimum absolute atomic E-state index is 0.0933. The topological polar surface area (TPSA) is 34.1 Å². The highest BCUT2D eigenvalue weighted by Crippen LogP contribution is 2.65. The zero-order valence-corrected chi connectivity index (χ0v) is 14.9. The third-order valence-electron chi connectivity index (χ3n) is 8.19. The second kappa shape index (κ2) is 5.32. The molecule has 0 amide bonds. The number of carbonyl (C=O) groups excluding carboxylic acids is 2. The van der Waals surface area contributed by atoms with Crippen molar-refractivity contribution >= 4 is 11.6 Å². The molecule has 2 nitrogen and oxygen atoms in total. The maximum atomic E-state index is 12.5. The molecule has 0 bridgehead atoms. The number of rotatable bonds is 1. The molecule has 0 saturated heterocycles. The molecule has 0 aromatic rings. The highest BCUT2D eigenvalue weighted by molar-refractivity contribution is 5.92. The van der Waals surface area contributed by atoms with Crippen molar-refractivity contribution in [1.82, 2.24) is 0 Å². The Morgan fingerprint density at radius 2 is 1.88 bits per heavy atom. The maximum absolute atomic E-state index is 12.5. The van der Waals surface area contributed by atoms with Gasteiger partial charge in [-0.15, -0.1) is 12.3 Å². The van der Waals surface area contributed by atoms with Gasteiger partial charge >= 0.3 is 0 Å². The molecule has 0 heterocycles. The van der Waals surface area contributed by atoms with E-state index >= 15 is 0 Å². The molecule has 4 rings (SSSR count). The molecule has 3 saturated carbocycles. The van der Waals surface area contributed by atoms with Crippen LogP contribution < -0.4 is 0 Å². The summed E-state index contributed by atoms with van der Waals surface area (Å²) < 4.78 is 0. The van der Waals surface area contributed by atoms with Crippen LogP contribution in [0.3, 0.4) is 0 Å². The van der Waals surface area contributed by atoms with Crippen LogP contribution in [-0.4, -0.2) is 11.6 Å². The maximum Gasteiger partial charge on any atom is 0.155 e. The van der Waals surface area contributed by atoms with E-state index in [0.717, 1.165) is 44.9 Å². The van der Waals surface area contributed by atoms with Gasteiger partial charge in [0.1, 0.15) is 5.78 Å². The van der Waals surface area contributed by atoms with Gasteiger partial charge in [0, 0.05) is 24.7 Å². The molecule has 0 aliphatic heterocycles. The second-order valence-electron chi connectivity index (χ2n) is 9.12. The Bertz CT molecular complexity index is 666. The van der Waals surface area contributed by atoms with E-state index < -0.39 is 0 Å². The van der Waals surface area contributed by atoms with Gasteiger partial charge in [0.25, 0.3) is 0 Å². The van der Waals surface area contributed by atoms with Crippen LogP contribution in [0.15, 0.2) is 11.6 Å². The summed E-state index contributed by atoms with van der Waals surface area (Å²) in [5.74, 6) is 5.71. The van der Waals surface area contributed by atoms with Gasteiger partial charge in [-0.3, -0.25) is 9.59 Å². The lowest BCUT2D eigenvalue weighted by molar-refractivity contribution is -0.133. The quantitative estimate of drug-likeness (QED) is 0.673. The first kappa shape index (κ1) is 16.1. The van der Waals surface area contributed by atoms with E-state index in [1.54, 1.807) is 0 Å². The Morgan fingerprint density at radius 3 is 2.62 bits per heavy atom. The molecule has 1 unspecified atom stereocenters. The smallest absolute Gasteiger partial charge is 0.155 e. The van der Waals surface area contributed by atoms with Gasteiger partial charge in [-0.05, 0) is 67.3 Å². The van der Waals surface area contributed by atoms with Gasteiger partial charge in [-0.1, -0.05) is 19.4 Å². The van der Waals surface area contributed by atoms with Gasteiger partial charge in [0.2, 0.25) is 0 Å². The van der Waals surface area contributed by atoms with Crippen molar-refractivity contribution in [3.05, 3.63) is 11.6 Å². The fourth-order valence-electron chi connectivity index (χ4n) is 6.89. The number of ketones is 2. The Labute approximate surface area is 145 Å². The number of fused-ring (bicyclic) bond motifs is 5. The average Bonchev–Trinajstić information content (AvgIpc) is 2.85. The zero-order valence-electron chi connectivity index (χ0n) is 14.9. The number of allylic oxidation sites excluding steroid dienone is 1. The van der Waals surface area contributed by atoms with Crippen LogP contribution in [0.1, 0.15) is 65.2 Å². The molecule has 0 aromatic carbocycles. The van der Waals surface area contributed by atoms with Gasteiger partial charge in [-0.2, -0.15) is 0 Å². The van der Waals surface area contributed by atoms with Gasteiger partial charge < -0.3 is 0 Å². The molecular weight excluding hydrogens is 296 g/mol. The normalized spacial score (nSPS) is 47.3. The van der Waals surface area contributed by atoms with E-state index in [1.165, 1.54) is 5.57 Å².